The number of phosphoric ester groups is 2. The Morgan fingerprint density at radius 1 is 0.367 bits per heavy atom. The molecule has 0 fully saturated rings. The summed E-state index contributed by atoms with van der Waals surface area (Å²) in [5.41, 5.74) is 0. The van der Waals surface area contributed by atoms with E-state index in [2.05, 4.69) is 72.8 Å². The smallest absolute Gasteiger partial charge is 0.462 e. The lowest BCUT2D eigenvalue weighted by atomic mass is 10.00. The molecule has 0 aliphatic carbocycles. The van der Waals surface area contributed by atoms with E-state index in [0.29, 0.717) is 31.6 Å². The van der Waals surface area contributed by atoms with Gasteiger partial charge in [-0.25, -0.2) is 9.13 Å². The van der Waals surface area contributed by atoms with Gasteiger partial charge in [0.15, 0.2) is 12.2 Å². The van der Waals surface area contributed by atoms with Crippen molar-refractivity contribution < 1.29 is 80.2 Å². The summed E-state index contributed by atoms with van der Waals surface area (Å²) in [5.74, 6) is 0.0497. The Labute approximate surface area is 548 Å². The molecular formula is C71H134O17P2. The third-order valence-corrected chi connectivity index (χ3v) is 18.0. The molecule has 0 radical (unpaired) electrons. The average Bonchev–Trinajstić information content (AvgIpc) is 3.70. The van der Waals surface area contributed by atoms with Crippen LogP contribution in [0.3, 0.4) is 0 Å². The second-order valence-electron chi connectivity index (χ2n) is 26.1. The van der Waals surface area contributed by atoms with Crippen LogP contribution in [0, 0.1) is 17.8 Å². The molecule has 0 saturated heterocycles. The number of rotatable bonds is 67. The van der Waals surface area contributed by atoms with Crippen LogP contribution >= 0.6 is 15.6 Å². The maximum absolute atomic E-state index is 13.0. The van der Waals surface area contributed by atoms with Crippen molar-refractivity contribution in [2.75, 3.05) is 39.6 Å². The summed E-state index contributed by atoms with van der Waals surface area (Å²) >= 11 is 0. The first-order valence-electron chi connectivity index (χ1n) is 36.2. The molecule has 0 aromatic carbocycles. The van der Waals surface area contributed by atoms with Crippen molar-refractivity contribution in [2.45, 2.75) is 349 Å². The molecule has 0 heterocycles. The molecule has 530 valence electrons. The second-order valence-corrected chi connectivity index (χ2v) is 29.0. The predicted octanol–water partition coefficient (Wildman–Crippen LogP) is 19.8. The quantitative estimate of drug-likeness (QED) is 0.0169. The number of hydrogen-bond donors (Lipinski definition) is 3. The maximum Gasteiger partial charge on any atom is 0.472 e. The fourth-order valence-electron chi connectivity index (χ4n) is 10.1. The summed E-state index contributed by atoms with van der Waals surface area (Å²) in [6, 6.07) is 0. The fourth-order valence-corrected chi connectivity index (χ4v) is 11.7. The Bertz CT molecular complexity index is 1860. The number of phosphoric acid groups is 2. The van der Waals surface area contributed by atoms with Gasteiger partial charge < -0.3 is 33.8 Å². The largest absolute Gasteiger partial charge is 0.472 e. The summed E-state index contributed by atoms with van der Waals surface area (Å²) in [6.07, 6.45) is 48.1. The number of carbonyl (C=O) groups is 4. The lowest BCUT2D eigenvalue weighted by Gasteiger charge is -2.21. The highest BCUT2D eigenvalue weighted by Gasteiger charge is 2.30. The summed E-state index contributed by atoms with van der Waals surface area (Å²) in [5, 5.41) is 10.6. The molecule has 19 heteroatoms. The van der Waals surface area contributed by atoms with Crippen molar-refractivity contribution in [3.05, 3.63) is 24.3 Å². The molecule has 0 bridgehead atoms. The van der Waals surface area contributed by atoms with Gasteiger partial charge in [-0.1, -0.05) is 278 Å². The summed E-state index contributed by atoms with van der Waals surface area (Å²) in [6.45, 7) is 11.7. The van der Waals surface area contributed by atoms with E-state index in [1.165, 1.54) is 116 Å². The third-order valence-electron chi connectivity index (χ3n) is 16.1. The van der Waals surface area contributed by atoms with Crippen molar-refractivity contribution in [1.82, 2.24) is 0 Å². The molecule has 3 N–H and O–H groups in total. The number of aliphatic hydroxyl groups is 1. The van der Waals surface area contributed by atoms with Gasteiger partial charge in [-0.3, -0.25) is 37.3 Å². The monoisotopic (exact) mass is 1320 g/mol. The number of hydrogen-bond acceptors (Lipinski definition) is 15. The zero-order valence-corrected chi connectivity index (χ0v) is 59.9. The Balaban J connectivity index is 5.28. The first kappa shape index (κ1) is 87.5. The van der Waals surface area contributed by atoms with Gasteiger partial charge in [-0.15, -0.1) is 0 Å². The van der Waals surface area contributed by atoms with E-state index >= 15 is 0 Å². The minimum Gasteiger partial charge on any atom is -0.462 e. The molecule has 17 nitrogen and oxygen atoms in total. The zero-order chi connectivity index (χ0) is 66.6. The van der Waals surface area contributed by atoms with Gasteiger partial charge in [-0.05, 0) is 69.1 Å². The normalized spacial score (nSPS) is 14.7. The second kappa shape index (κ2) is 61.4. The number of allylic oxidation sites excluding steroid dienone is 4. The Morgan fingerprint density at radius 2 is 0.656 bits per heavy atom. The van der Waals surface area contributed by atoms with E-state index < -0.39 is 97.5 Å². The van der Waals surface area contributed by atoms with E-state index in [9.17, 15) is 43.2 Å². The van der Waals surface area contributed by atoms with Crippen LogP contribution in [0.25, 0.3) is 0 Å². The minimum absolute atomic E-state index is 0.0971. The summed E-state index contributed by atoms with van der Waals surface area (Å²) in [7, 11) is -9.91. The van der Waals surface area contributed by atoms with Gasteiger partial charge >= 0.3 is 39.5 Å². The van der Waals surface area contributed by atoms with Crippen molar-refractivity contribution >= 4 is 39.5 Å². The Morgan fingerprint density at radius 3 is 0.989 bits per heavy atom. The Kier molecular flexibility index (Phi) is 59.7. The zero-order valence-electron chi connectivity index (χ0n) is 58.1. The van der Waals surface area contributed by atoms with Crippen LogP contribution in [0.5, 0.6) is 0 Å². The number of aliphatic hydroxyl groups excluding tert-OH is 1. The van der Waals surface area contributed by atoms with Crippen LogP contribution in [-0.2, 0) is 65.4 Å². The Hall–Kier alpha value is -2.46. The molecular weight excluding hydrogens is 1190 g/mol. The molecule has 0 saturated carbocycles. The number of ether oxygens (including phenoxy) is 4. The highest BCUT2D eigenvalue weighted by molar-refractivity contribution is 7.47. The van der Waals surface area contributed by atoms with Gasteiger partial charge in [0.05, 0.1) is 26.4 Å². The lowest BCUT2D eigenvalue weighted by Crippen LogP contribution is -2.30. The highest BCUT2D eigenvalue weighted by atomic mass is 31.2. The van der Waals surface area contributed by atoms with E-state index in [0.717, 1.165) is 127 Å². The summed E-state index contributed by atoms with van der Waals surface area (Å²) < 4.78 is 68.3. The van der Waals surface area contributed by atoms with Crippen molar-refractivity contribution in [3.63, 3.8) is 0 Å². The van der Waals surface area contributed by atoms with Gasteiger partial charge in [0.1, 0.15) is 19.3 Å². The van der Waals surface area contributed by atoms with Crippen LogP contribution < -0.4 is 0 Å². The molecule has 0 aromatic rings. The molecule has 0 amide bonds. The lowest BCUT2D eigenvalue weighted by molar-refractivity contribution is -0.161. The van der Waals surface area contributed by atoms with E-state index in [1.54, 1.807) is 0 Å². The van der Waals surface area contributed by atoms with Gasteiger partial charge in [-0.2, -0.15) is 0 Å². The molecule has 0 aromatic heterocycles. The fraction of sp³-hybridized carbons (Fsp3) is 0.887. The van der Waals surface area contributed by atoms with Crippen LogP contribution in [-0.4, -0.2) is 96.7 Å². The third kappa shape index (κ3) is 63.0. The number of carbonyl (C=O) groups excluding carboxylic acids is 4. The van der Waals surface area contributed by atoms with Crippen molar-refractivity contribution in [1.29, 1.82) is 0 Å². The van der Waals surface area contributed by atoms with Crippen LogP contribution in [0.2, 0.25) is 0 Å². The topological polar surface area (TPSA) is 237 Å². The molecule has 0 aliphatic rings. The standard InChI is InChI=1S/C71H134O17P2/c1-8-10-11-12-13-14-15-16-17-18-21-24-30-38-45-52-68(73)81-58-66(88-71(76)55-48-41-32-27-26-29-36-43-50-63(5)6)60-85-89(77,78)83-56-65(72)57-84-90(79,80)86-61-67(59-82-69(74)53-46-39-34-33-37-44-51-64(7)9-2)87-70(75)54-47-40-31-25-22-19-20-23-28-35-42-49-62(3)4/h14-17,62-67,72H,8-13,18-61H2,1-7H3,(H,77,78)(H,79,80)/b15-14-,17-16-/t64?,65-,66-,67-/m1/s1. The SMILES string of the molecule is CCCCCC/C=C\C=C/CCCCCCCC(=O)OC[C@H](COP(=O)(O)OC[C@@H](O)COP(=O)(O)OC[C@@H](COC(=O)CCCCCCCCC(C)CC)OC(=O)CCCCCCCCCCCCCC(C)C)OC(=O)CCCCCCCCCCC(C)C. The van der Waals surface area contributed by atoms with Crippen molar-refractivity contribution in [3.8, 4) is 0 Å². The molecule has 0 rings (SSSR count). The first-order valence-corrected chi connectivity index (χ1v) is 39.2. The van der Waals surface area contributed by atoms with Crippen LogP contribution in [0.1, 0.15) is 331 Å². The highest BCUT2D eigenvalue weighted by Crippen LogP contribution is 2.45. The molecule has 90 heavy (non-hydrogen) atoms. The van der Waals surface area contributed by atoms with E-state index in [4.69, 9.17) is 37.0 Å². The average molecular weight is 1320 g/mol. The van der Waals surface area contributed by atoms with E-state index in [1.807, 2.05) is 0 Å². The molecule has 3 unspecified atom stereocenters. The molecule has 0 aliphatic heterocycles. The van der Waals surface area contributed by atoms with Crippen LogP contribution in [0.4, 0.5) is 0 Å². The van der Waals surface area contributed by atoms with E-state index in [-0.39, 0.29) is 25.7 Å². The van der Waals surface area contributed by atoms with Crippen molar-refractivity contribution in [2.24, 2.45) is 17.8 Å². The summed E-state index contributed by atoms with van der Waals surface area (Å²) in [4.78, 5) is 72.5. The number of esters is 4. The van der Waals surface area contributed by atoms with Gasteiger partial charge in [0.2, 0.25) is 0 Å². The minimum atomic E-state index is -4.96. The molecule has 6 atom stereocenters. The predicted molar refractivity (Wildman–Crippen MR) is 363 cm³/mol. The molecule has 0 spiro atoms. The van der Waals surface area contributed by atoms with Gasteiger partial charge in [0, 0.05) is 25.7 Å². The maximum atomic E-state index is 13.0. The van der Waals surface area contributed by atoms with Crippen LogP contribution in [0.15, 0.2) is 24.3 Å². The number of unbranched alkanes of at least 4 members (excludes halogenated alkanes) is 31. The first-order chi connectivity index (χ1) is 43.3. The van der Waals surface area contributed by atoms with Gasteiger partial charge in [0.25, 0.3) is 0 Å².